The van der Waals surface area contributed by atoms with Crippen molar-refractivity contribution in [3.63, 3.8) is 0 Å². The third kappa shape index (κ3) is 4.86. The lowest BCUT2D eigenvalue weighted by atomic mass is 10.1. The Morgan fingerprint density at radius 2 is 1.89 bits per heavy atom. The van der Waals surface area contributed by atoms with Gasteiger partial charge < -0.3 is 20.5 Å². The van der Waals surface area contributed by atoms with Crippen molar-refractivity contribution in [1.29, 1.82) is 0 Å². The first-order valence-electron chi connectivity index (χ1n) is 11.8. The number of nitrogens with one attached hydrogen (secondary N) is 1. The Balaban J connectivity index is 1.37. The third-order valence-corrected chi connectivity index (χ3v) is 6.20. The molecule has 2 aromatic carbocycles. The number of anilines is 1. The van der Waals surface area contributed by atoms with E-state index in [-0.39, 0.29) is 24.0 Å². The summed E-state index contributed by atoms with van der Waals surface area (Å²) in [5.74, 6) is 0.312. The molecular formula is C27H26N6O4. The molecule has 1 amide bonds. The highest BCUT2D eigenvalue weighted by Gasteiger charge is 2.27. The average Bonchev–Trinajstić information content (AvgIpc) is 3.52. The maximum absolute atomic E-state index is 12.6. The molecule has 3 N–H and O–H groups in total. The standard InChI is InChI=1S/C27H26N6O4/c1-16(34)37-20-12-11-19(13-20)33-26-23(25(28)30-15-31-26)24(32-33)18-9-7-17(8-10-18)14-29-27(35)21-5-3-4-6-22(21)36-2/h3-12,15,19-20H,13-14H2,1-2H3,(H,29,35)(H2,28,30,31). The van der Waals surface area contributed by atoms with Gasteiger partial charge >= 0.3 is 5.97 Å². The maximum Gasteiger partial charge on any atom is 0.303 e. The lowest BCUT2D eigenvalue weighted by molar-refractivity contribution is -0.144. The van der Waals surface area contributed by atoms with Crippen LogP contribution in [0.15, 0.2) is 67.0 Å². The van der Waals surface area contributed by atoms with E-state index < -0.39 is 0 Å². The molecule has 37 heavy (non-hydrogen) atoms. The minimum atomic E-state index is -0.327. The summed E-state index contributed by atoms with van der Waals surface area (Å²) in [6.45, 7) is 1.74. The molecule has 0 saturated heterocycles. The van der Waals surface area contributed by atoms with E-state index in [2.05, 4.69) is 15.3 Å². The fourth-order valence-electron chi connectivity index (χ4n) is 4.45. The number of esters is 1. The number of aromatic nitrogens is 4. The molecule has 0 bridgehead atoms. The molecule has 1 aliphatic rings. The second-order valence-corrected chi connectivity index (χ2v) is 8.67. The van der Waals surface area contributed by atoms with Gasteiger partial charge in [-0.15, -0.1) is 0 Å². The number of benzene rings is 2. The van der Waals surface area contributed by atoms with Crippen molar-refractivity contribution in [3.8, 4) is 17.0 Å². The fourth-order valence-corrected chi connectivity index (χ4v) is 4.45. The zero-order chi connectivity index (χ0) is 25.9. The molecule has 0 fully saturated rings. The number of nitrogens with two attached hydrogens (primary N) is 1. The quantitative estimate of drug-likeness (QED) is 0.292. The SMILES string of the molecule is COc1ccccc1C(=O)NCc1ccc(-c2nn(C3C=CC(OC(C)=O)C3)c3ncnc(N)c23)cc1. The Hall–Kier alpha value is -4.73. The van der Waals surface area contributed by atoms with Gasteiger partial charge in [0.1, 0.15) is 29.7 Å². The molecule has 2 heterocycles. The van der Waals surface area contributed by atoms with Crippen molar-refractivity contribution in [2.24, 2.45) is 0 Å². The molecule has 0 aliphatic heterocycles. The van der Waals surface area contributed by atoms with Gasteiger partial charge in [-0.3, -0.25) is 9.59 Å². The number of allylic oxidation sites excluding steroid dienone is 1. The van der Waals surface area contributed by atoms with Crippen molar-refractivity contribution in [2.75, 3.05) is 12.8 Å². The Morgan fingerprint density at radius 3 is 2.65 bits per heavy atom. The minimum Gasteiger partial charge on any atom is -0.496 e. The highest BCUT2D eigenvalue weighted by molar-refractivity contribution is 5.98. The predicted molar refractivity (Wildman–Crippen MR) is 138 cm³/mol. The van der Waals surface area contributed by atoms with E-state index in [1.54, 1.807) is 22.9 Å². The molecule has 188 valence electrons. The number of carbonyl (C=O) groups is 2. The Bertz CT molecular complexity index is 1490. The first-order valence-corrected chi connectivity index (χ1v) is 11.8. The van der Waals surface area contributed by atoms with Crippen LogP contribution in [0.5, 0.6) is 5.75 Å². The molecule has 2 unspecified atom stereocenters. The Labute approximate surface area is 213 Å². The number of hydrogen-bond acceptors (Lipinski definition) is 8. The number of amides is 1. The van der Waals surface area contributed by atoms with Crippen LogP contribution in [0, 0.1) is 0 Å². The summed E-state index contributed by atoms with van der Waals surface area (Å²) < 4.78 is 12.4. The van der Waals surface area contributed by atoms with E-state index in [0.29, 0.717) is 46.8 Å². The number of para-hydroxylation sites is 1. The van der Waals surface area contributed by atoms with Crippen molar-refractivity contribution >= 4 is 28.7 Å². The molecule has 2 aromatic heterocycles. The van der Waals surface area contributed by atoms with Crippen LogP contribution in [0.4, 0.5) is 5.82 Å². The Kier molecular flexibility index (Phi) is 6.55. The van der Waals surface area contributed by atoms with E-state index in [9.17, 15) is 9.59 Å². The molecule has 10 heteroatoms. The number of rotatable bonds is 7. The summed E-state index contributed by atoms with van der Waals surface area (Å²) >= 11 is 0. The highest BCUT2D eigenvalue weighted by atomic mass is 16.5. The second-order valence-electron chi connectivity index (χ2n) is 8.67. The first kappa shape index (κ1) is 24.0. The monoisotopic (exact) mass is 498 g/mol. The van der Waals surface area contributed by atoms with E-state index in [4.69, 9.17) is 20.3 Å². The average molecular weight is 499 g/mol. The third-order valence-electron chi connectivity index (χ3n) is 6.20. The van der Waals surface area contributed by atoms with Crippen LogP contribution in [0.2, 0.25) is 0 Å². The van der Waals surface area contributed by atoms with Crippen LogP contribution < -0.4 is 15.8 Å². The normalized spacial score (nSPS) is 16.6. The van der Waals surface area contributed by atoms with Gasteiger partial charge in [0.25, 0.3) is 5.91 Å². The first-order chi connectivity index (χ1) is 17.9. The number of hydrogen-bond donors (Lipinski definition) is 2. The topological polar surface area (TPSA) is 134 Å². The smallest absolute Gasteiger partial charge is 0.303 e. The van der Waals surface area contributed by atoms with Gasteiger partial charge in [-0.25, -0.2) is 14.6 Å². The number of carbonyl (C=O) groups excluding carboxylic acids is 2. The molecule has 0 saturated carbocycles. The van der Waals surface area contributed by atoms with Crippen LogP contribution in [0.25, 0.3) is 22.3 Å². The van der Waals surface area contributed by atoms with E-state index in [1.807, 2.05) is 42.5 Å². The molecule has 0 spiro atoms. The van der Waals surface area contributed by atoms with Crippen LogP contribution >= 0.6 is 0 Å². The summed E-state index contributed by atoms with van der Waals surface area (Å²) in [5, 5.41) is 8.42. The Morgan fingerprint density at radius 1 is 1.11 bits per heavy atom. The summed E-state index contributed by atoms with van der Waals surface area (Å²) in [4.78, 5) is 32.6. The van der Waals surface area contributed by atoms with Gasteiger partial charge in [0, 0.05) is 25.5 Å². The van der Waals surface area contributed by atoms with Gasteiger partial charge in [-0.1, -0.05) is 42.5 Å². The van der Waals surface area contributed by atoms with Gasteiger partial charge in [0.05, 0.1) is 24.1 Å². The lowest BCUT2D eigenvalue weighted by Gasteiger charge is -2.13. The molecular weight excluding hydrogens is 472 g/mol. The summed E-state index contributed by atoms with van der Waals surface area (Å²) in [5.41, 5.74) is 9.73. The van der Waals surface area contributed by atoms with Gasteiger partial charge in [-0.05, 0) is 23.8 Å². The van der Waals surface area contributed by atoms with Gasteiger partial charge in [0.2, 0.25) is 0 Å². The number of methoxy groups -OCH3 is 1. The van der Waals surface area contributed by atoms with Crippen LogP contribution in [0.1, 0.15) is 35.3 Å². The largest absolute Gasteiger partial charge is 0.496 e. The van der Waals surface area contributed by atoms with Crippen LogP contribution in [-0.2, 0) is 16.1 Å². The molecule has 10 nitrogen and oxygen atoms in total. The van der Waals surface area contributed by atoms with Gasteiger partial charge in [0.15, 0.2) is 5.65 Å². The maximum atomic E-state index is 12.6. The lowest BCUT2D eigenvalue weighted by Crippen LogP contribution is -2.23. The molecule has 5 rings (SSSR count). The van der Waals surface area contributed by atoms with Crippen molar-refractivity contribution < 1.29 is 19.1 Å². The predicted octanol–water partition coefficient (Wildman–Crippen LogP) is 3.45. The van der Waals surface area contributed by atoms with E-state index in [1.165, 1.54) is 20.4 Å². The number of nitrogen functional groups attached to an aromatic ring is 1. The highest BCUT2D eigenvalue weighted by Crippen LogP contribution is 2.35. The van der Waals surface area contributed by atoms with Crippen molar-refractivity contribution in [3.05, 3.63) is 78.1 Å². The summed E-state index contributed by atoms with van der Waals surface area (Å²) in [6.07, 6.45) is 5.47. The van der Waals surface area contributed by atoms with Gasteiger partial charge in [-0.2, -0.15) is 5.10 Å². The minimum absolute atomic E-state index is 0.139. The molecule has 0 radical (unpaired) electrons. The van der Waals surface area contributed by atoms with Crippen molar-refractivity contribution in [2.45, 2.75) is 32.0 Å². The van der Waals surface area contributed by atoms with Crippen LogP contribution in [0.3, 0.4) is 0 Å². The summed E-state index contributed by atoms with van der Waals surface area (Å²) in [7, 11) is 1.54. The second kappa shape index (κ2) is 10.1. The summed E-state index contributed by atoms with van der Waals surface area (Å²) in [6, 6.07) is 14.6. The molecule has 2 atom stereocenters. The zero-order valence-corrected chi connectivity index (χ0v) is 20.4. The van der Waals surface area contributed by atoms with E-state index in [0.717, 1.165) is 11.1 Å². The van der Waals surface area contributed by atoms with Crippen LogP contribution in [-0.4, -0.2) is 44.8 Å². The van der Waals surface area contributed by atoms with E-state index >= 15 is 0 Å². The zero-order valence-electron chi connectivity index (χ0n) is 20.4. The molecule has 4 aromatic rings. The van der Waals surface area contributed by atoms with Crippen molar-refractivity contribution in [1.82, 2.24) is 25.1 Å². The fraction of sp³-hybridized carbons (Fsp3) is 0.222. The molecule has 1 aliphatic carbocycles. The number of ether oxygens (including phenoxy) is 2. The number of fused-ring (bicyclic) bond motifs is 1. The number of nitrogens with zero attached hydrogens (tertiary/aromatic N) is 4.